The zero-order valence-corrected chi connectivity index (χ0v) is 16.9. The molecule has 1 aliphatic rings. The van der Waals surface area contributed by atoms with Crippen molar-refractivity contribution in [3.63, 3.8) is 0 Å². The van der Waals surface area contributed by atoms with E-state index in [1.165, 1.54) is 0 Å². The highest BCUT2D eigenvalue weighted by Gasteiger charge is 2.23. The molecule has 0 atom stereocenters. The zero-order valence-electron chi connectivity index (χ0n) is 16.9. The molecule has 1 saturated heterocycles. The van der Waals surface area contributed by atoms with E-state index in [1.54, 1.807) is 17.9 Å². The molecule has 29 heavy (non-hydrogen) atoms. The quantitative estimate of drug-likeness (QED) is 0.678. The summed E-state index contributed by atoms with van der Waals surface area (Å²) in [6.45, 7) is 6.65. The smallest absolute Gasteiger partial charge is 0.254 e. The van der Waals surface area contributed by atoms with Crippen LogP contribution in [0, 0.1) is 13.8 Å². The molecule has 3 heterocycles. The second-order valence-electron chi connectivity index (χ2n) is 7.10. The highest BCUT2D eigenvalue weighted by Crippen LogP contribution is 2.18. The number of methoxy groups -OCH3 is 1. The number of rotatable bonds is 4. The molecule has 0 spiro atoms. The Labute approximate surface area is 169 Å². The number of carbonyl (C=O) groups excluding carboxylic acids is 1. The molecule has 2 aromatic heterocycles. The topological polar surface area (TPSA) is 76.4 Å². The lowest BCUT2D eigenvalue weighted by atomic mass is 10.1. The summed E-state index contributed by atoms with van der Waals surface area (Å²) in [5.74, 6) is 2.22. The molecule has 0 radical (unpaired) electrons. The number of aromatic nitrogens is 4. The number of amides is 1. The number of benzene rings is 1. The van der Waals surface area contributed by atoms with Gasteiger partial charge in [-0.3, -0.25) is 4.79 Å². The average molecular weight is 392 g/mol. The van der Waals surface area contributed by atoms with E-state index in [4.69, 9.17) is 4.74 Å². The van der Waals surface area contributed by atoms with Crippen molar-refractivity contribution in [2.45, 2.75) is 13.8 Å². The second kappa shape index (κ2) is 7.90. The minimum Gasteiger partial charge on any atom is -0.497 e. The molecule has 1 aliphatic heterocycles. The third-order valence-electron chi connectivity index (χ3n) is 5.07. The lowest BCUT2D eigenvalue weighted by molar-refractivity contribution is 0.0746. The van der Waals surface area contributed by atoms with Crippen LogP contribution in [0.15, 0.2) is 42.5 Å². The SMILES string of the molecule is COc1cccc(C(=O)N2CCN(c3ccc(-n4nc(C)cc4C)nn3)CC2)c1. The van der Waals surface area contributed by atoms with Crippen LogP contribution in [0.5, 0.6) is 5.75 Å². The maximum atomic E-state index is 12.8. The largest absolute Gasteiger partial charge is 0.497 e. The molecule has 0 bridgehead atoms. The van der Waals surface area contributed by atoms with Gasteiger partial charge in [0.15, 0.2) is 11.6 Å². The van der Waals surface area contributed by atoms with Gasteiger partial charge in [0.05, 0.1) is 12.8 Å². The maximum Gasteiger partial charge on any atom is 0.254 e. The van der Waals surface area contributed by atoms with Crippen LogP contribution < -0.4 is 9.64 Å². The van der Waals surface area contributed by atoms with Crippen molar-refractivity contribution in [3.8, 4) is 11.6 Å². The Kier molecular flexibility index (Phi) is 5.16. The fraction of sp³-hybridized carbons (Fsp3) is 0.333. The van der Waals surface area contributed by atoms with Crippen molar-refractivity contribution in [3.05, 3.63) is 59.4 Å². The van der Waals surface area contributed by atoms with Crippen LogP contribution in [-0.2, 0) is 0 Å². The van der Waals surface area contributed by atoms with E-state index in [1.807, 2.05) is 55.1 Å². The Balaban J connectivity index is 1.40. The Morgan fingerprint density at radius 3 is 2.31 bits per heavy atom. The summed E-state index contributed by atoms with van der Waals surface area (Å²) in [5.41, 5.74) is 2.62. The number of carbonyl (C=O) groups is 1. The molecule has 4 rings (SSSR count). The molecule has 1 aromatic carbocycles. The average Bonchev–Trinajstić information content (AvgIpc) is 3.11. The normalized spacial score (nSPS) is 14.2. The van der Waals surface area contributed by atoms with Crippen molar-refractivity contribution in [2.24, 2.45) is 0 Å². The number of nitrogens with zero attached hydrogens (tertiary/aromatic N) is 6. The van der Waals surface area contributed by atoms with Gasteiger partial charge in [0.1, 0.15) is 5.75 Å². The van der Waals surface area contributed by atoms with Gasteiger partial charge in [-0.2, -0.15) is 5.10 Å². The fourth-order valence-electron chi connectivity index (χ4n) is 3.54. The van der Waals surface area contributed by atoms with Crippen molar-refractivity contribution >= 4 is 11.7 Å². The lowest BCUT2D eigenvalue weighted by Crippen LogP contribution is -2.49. The van der Waals surface area contributed by atoms with Gasteiger partial charge in [0, 0.05) is 37.4 Å². The molecule has 0 unspecified atom stereocenters. The van der Waals surface area contributed by atoms with Crippen molar-refractivity contribution in [1.29, 1.82) is 0 Å². The summed E-state index contributed by atoms with van der Waals surface area (Å²) < 4.78 is 7.01. The van der Waals surface area contributed by atoms with Crippen LogP contribution in [0.2, 0.25) is 0 Å². The molecule has 8 heteroatoms. The predicted octanol–water partition coefficient (Wildman–Crippen LogP) is 2.25. The summed E-state index contributed by atoms with van der Waals surface area (Å²) in [4.78, 5) is 16.8. The third kappa shape index (κ3) is 3.91. The van der Waals surface area contributed by atoms with Crippen LogP contribution in [0.1, 0.15) is 21.7 Å². The standard InChI is InChI=1S/C21H24N6O2/c1-15-13-16(2)27(24-15)20-8-7-19(22-23-20)25-9-11-26(12-10-25)21(28)17-5-4-6-18(14-17)29-3/h4-8,13-14H,9-12H2,1-3H3. The van der Waals surface area contributed by atoms with Crippen LogP contribution >= 0.6 is 0 Å². The van der Waals surface area contributed by atoms with Crippen molar-refractivity contribution in [2.75, 3.05) is 38.2 Å². The summed E-state index contributed by atoms with van der Waals surface area (Å²) >= 11 is 0. The molecule has 8 nitrogen and oxygen atoms in total. The molecule has 0 N–H and O–H groups in total. The van der Waals surface area contributed by atoms with E-state index in [0.29, 0.717) is 43.3 Å². The molecule has 1 amide bonds. The molecule has 1 fully saturated rings. The minimum absolute atomic E-state index is 0.0227. The number of anilines is 1. The molecule has 0 aliphatic carbocycles. The second-order valence-corrected chi connectivity index (χ2v) is 7.10. The molecule has 150 valence electrons. The van der Waals surface area contributed by atoms with Gasteiger partial charge in [0.2, 0.25) is 0 Å². The Hall–Kier alpha value is -3.42. The van der Waals surface area contributed by atoms with E-state index in [9.17, 15) is 4.79 Å². The number of piperazine rings is 1. The van der Waals surface area contributed by atoms with E-state index >= 15 is 0 Å². The number of hydrogen-bond acceptors (Lipinski definition) is 6. The highest BCUT2D eigenvalue weighted by molar-refractivity contribution is 5.94. The zero-order chi connectivity index (χ0) is 20.4. The van der Waals surface area contributed by atoms with E-state index in [-0.39, 0.29) is 5.91 Å². The van der Waals surface area contributed by atoms with Crippen LogP contribution in [0.4, 0.5) is 5.82 Å². The van der Waals surface area contributed by atoms with Gasteiger partial charge in [-0.1, -0.05) is 6.07 Å². The Morgan fingerprint density at radius 2 is 1.69 bits per heavy atom. The Morgan fingerprint density at radius 1 is 0.966 bits per heavy atom. The summed E-state index contributed by atoms with van der Waals surface area (Å²) in [6.07, 6.45) is 0. The van der Waals surface area contributed by atoms with E-state index in [2.05, 4.69) is 20.2 Å². The van der Waals surface area contributed by atoms with Gasteiger partial charge < -0.3 is 14.5 Å². The minimum atomic E-state index is 0.0227. The summed E-state index contributed by atoms with van der Waals surface area (Å²) in [7, 11) is 1.60. The number of ether oxygens (including phenoxy) is 1. The van der Waals surface area contributed by atoms with Crippen LogP contribution in [0.25, 0.3) is 5.82 Å². The van der Waals surface area contributed by atoms with Gasteiger partial charge in [-0.25, -0.2) is 4.68 Å². The van der Waals surface area contributed by atoms with Crippen molar-refractivity contribution in [1.82, 2.24) is 24.9 Å². The molecular weight excluding hydrogens is 368 g/mol. The molecule has 3 aromatic rings. The van der Waals surface area contributed by atoms with Crippen molar-refractivity contribution < 1.29 is 9.53 Å². The first-order chi connectivity index (χ1) is 14.0. The Bertz CT molecular complexity index is 1010. The van der Waals surface area contributed by atoms with Gasteiger partial charge >= 0.3 is 0 Å². The van der Waals surface area contributed by atoms with Gasteiger partial charge in [-0.05, 0) is 50.2 Å². The fourth-order valence-corrected chi connectivity index (χ4v) is 3.54. The van der Waals surface area contributed by atoms with E-state index < -0.39 is 0 Å². The number of hydrogen-bond donors (Lipinski definition) is 0. The summed E-state index contributed by atoms with van der Waals surface area (Å²) in [6, 6.07) is 13.2. The van der Waals surface area contributed by atoms with Crippen LogP contribution in [-0.4, -0.2) is 64.1 Å². The van der Waals surface area contributed by atoms with Gasteiger partial charge in [-0.15, -0.1) is 10.2 Å². The first-order valence-corrected chi connectivity index (χ1v) is 9.61. The predicted molar refractivity (Wildman–Crippen MR) is 110 cm³/mol. The lowest BCUT2D eigenvalue weighted by Gasteiger charge is -2.35. The summed E-state index contributed by atoms with van der Waals surface area (Å²) in [5, 5.41) is 13.1. The third-order valence-corrected chi connectivity index (χ3v) is 5.07. The maximum absolute atomic E-state index is 12.8. The first kappa shape index (κ1) is 18.9. The molecular formula is C21H24N6O2. The van der Waals surface area contributed by atoms with Crippen LogP contribution in [0.3, 0.4) is 0 Å². The van der Waals surface area contributed by atoms with Gasteiger partial charge in [0.25, 0.3) is 5.91 Å². The highest BCUT2D eigenvalue weighted by atomic mass is 16.5. The molecule has 0 saturated carbocycles. The monoisotopic (exact) mass is 392 g/mol. The van der Waals surface area contributed by atoms with E-state index in [0.717, 1.165) is 17.2 Å². The first-order valence-electron chi connectivity index (χ1n) is 9.61. The number of aryl methyl sites for hydroxylation is 2.